The van der Waals surface area contributed by atoms with Crippen molar-refractivity contribution in [2.24, 2.45) is 5.84 Å². The lowest BCUT2D eigenvalue weighted by molar-refractivity contribution is 0.152. The summed E-state index contributed by atoms with van der Waals surface area (Å²) < 4.78 is 26.7. The Morgan fingerprint density at radius 1 is 1.25 bits per heavy atom. The molecule has 0 saturated carbocycles. The van der Waals surface area contributed by atoms with Gasteiger partial charge in [-0.3, -0.25) is 10.7 Å². The zero-order valence-electron chi connectivity index (χ0n) is 18.7. The van der Waals surface area contributed by atoms with Crippen LogP contribution in [0.1, 0.15) is 39.3 Å². The monoisotopic (exact) mass is 457 g/mol. The van der Waals surface area contributed by atoms with Gasteiger partial charge in [0.1, 0.15) is 0 Å². The van der Waals surface area contributed by atoms with Crippen molar-refractivity contribution < 1.29 is 13.5 Å². The van der Waals surface area contributed by atoms with Crippen molar-refractivity contribution >= 4 is 20.9 Å². The molecule has 1 saturated heterocycles. The summed E-state index contributed by atoms with van der Waals surface area (Å²) in [6, 6.07) is 13.2. The number of likely N-dealkylation sites (tertiary alicyclic amines) is 1. The highest BCUT2D eigenvalue weighted by molar-refractivity contribution is 7.89. The standard InChI is InChI=1S/C23H31N5O3S/c1-23(2,3)28(24)32(30,31)22-8-4-7-20(26-22)16-9-10-21-17(12-16)13-18(25-21)14-27-11-5-6-19(27)15-29/h4,7-10,12-13,19,25,29H,5-6,11,14-15,24H2,1-3H3/t19-/m1/s1. The number of aliphatic hydroxyl groups is 1. The third kappa shape index (κ3) is 4.44. The predicted octanol–water partition coefficient (Wildman–Crippen LogP) is 2.85. The van der Waals surface area contributed by atoms with Crippen LogP contribution in [0.25, 0.3) is 22.2 Å². The number of aromatic amines is 1. The third-order valence-corrected chi connectivity index (χ3v) is 7.79. The van der Waals surface area contributed by atoms with Crippen LogP contribution in [0.3, 0.4) is 0 Å². The van der Waals surface area contributed by atoms with Crippen molar-refractivity contribution in [3.63, 3.8) is 0 Å². The number of hydrogen-bond acceptors (Lipinski definition) is 6. The summed E-state index contributed by atoms with van der Waals surface area (Å²) in [6.45, 7) is 7.14. The molecular formula is C23H31N5O3S. The Balaban J connectivity index is 1.62. The van der Waals surface area contributed by atoms with E-state index in [1.54, 1.807) is 32.9 Å². The minimum atomic E-state index is -3.92. The van der Waals surface area contributed by atoms with Crippen LogP contribution < -0.4 is 5.84 Å². The Labute approximate surface area is 189 Å². The lowest BCUT2D eigenvalue weighted by atomic mass is 10.1. The van der Waals surface area contributed by atoms with Crippen LogP contribution in [-0.4, -0.2) is 57.5 Å². The number of nitrogens with zero attached hydrogens (tertiary/aromatic N) is 3. The summed E-state index contributed by atoms with van der Waals surface area (Å²) in [7, 11) is -3.92. The first-order chi connectivity index (χ1) is 15.1. The van der Waals surface area contributed by atoms with E-state index >= 15 is 0 Å². The van der Waals surface area contributed by atoms with Gasteiger partial charge in [-0.25, -0.2) is 13.4 Å². The quantitative estimate of drug-likeness (QED) is 0.387. The average Bonchev–Trinajstić information content (AvgIpc) is 3.38. The van der Waals surface area contributed by atoms with E-state index in [2.05, 4.69) is 20.9 Å². The maximum Gasteiger partial charge on any atom is 0.273 e. The summed E-state index contributed by atoms with van der Waals surface area (Å²) in [6.07, 6.45) is 2.14. The van der Waals surface area contributed by atoms with E-state index in [1.165, 1.54) is 6.07 Å². The Kier molecular flexibility index (Phi) is 6.12. The molecule has 0 unspecified atom stereocenters. The normalized spacial score (nSPS) is 18.1. The van der Waals surface area contributed by atoms with Crippen molar-refractivity contribution in [2.45, 2.75) is 56.8 Å². The molecule has 172 valence electrons. The number of pyridine rings is 1. The fraction of sp³-hybridized carbons (Fsp3) is 0.435. The average molecular weight is 458 g/mol. The van der Waals surface area contributed by atoms with Crippen molar-refractivity contribution in [3.8, 4) is 11.3 Å². The first-order valence-corrected chi connectivity index (χ1v) is 12.3. The number of rotatable bonds is 6. The summed E-state index contributed by atoms with van der Waals surface area (Å²) in [5.41, 5.74) is 2.73. The molecule has 4 N–H and O–H groups in total. The van der Waals surface area contributed by atoms with Gasteiger partial charge in [-0.1, -0.05) is 12.1 Å². The van der Waals surface area contributed by atoms with Crippen molar-refractivity contribution in [1.82, 2.24) is 19.3 Å². The number of aromatic nitrogens is 2. The number of nitrogens with one attached hydrogen (secondary N) is 1. The summed E-state index contributed by atoms with van der Waals surface area (Å²) >= 11 is 0. The van der Waals surface area contributed by atoms with Crippen LogP contribution in [-0.2, 0) is 16.6 Å². The Bertz CT molecular complexity index is 1220. The van der Waals surface area contributed by atoms with Gasteiger partial charge in [-0.15, -0.1) is 4.41 Å². The van der Waals surface area contributed by atoms with Gasteiger partial charge in [0, 0.05) is 40.3 Å². The smallest absolute Gasteiger partial charge is 0.273 e. The molecule has 2 aromatic heterocycles. The second-order valence-corrected chi connectivity index (χ2v) is 11.1. The SMILES string of the molecule is CC(C)(C)N(N)S(=O)(=O)c1cccc(-c2ccc3[nH]c(CN4CCC[C@@H]4CO)cc3c2)n1. The predicted molar refractivity (Wildman–Crippen MR) is 125 cm³/mol. The van der Waals surface area contributed by atoms with Gasteiger partial charge < -0.3 is 10.1 Å². The van der Waals surface area contributed by atoms with E-state index in [9.17, 15) is 13.5 Å². The molecular weight excluding hydrogens is 426 g/mol. The van der Waals surface area contributed by atoms with E-state index in [1.807, 2.05) is 18.2 Å². The van der Waals surface area contributed by atoms with Gasteiger partial charge >= 0.3 is 0 Å². The fourth-order valence-corrected chi connectivity index (χ4v) is 5.53. The number of nitrogens with two attached hydrogens (primary N) is 1. The molecule has 8 nitrogen and oxygen atoms in total. The molecule has 1 aliphatic heterocycles. The van der Waals surface area contributed by atoms with Crippen LogP contribution in [0.15, 0.2) is 47.5 Å². The molecule has 1 aliphatic rings. The van der Waals surface area contributed by atoms with Crippen LogP contribution in [0, 0.1) is 0 Å². The van der Waals surface area contributed by atoms with Gasteiger partial charge in [0.2, 0.25) is 0 Å². The fourth-order valence-electron chi connectivity index (χ4n) is 4.15. The zero-order valence-corrected chi connectivity index (χ0v) is 19.6. The van der Waals surface area contributed by atoms with E-state index in [0.717, 1.165) is 52.5 Å². The maximum atomic E-state index is 12.9. The number of aliphatic hydroxyl groups excluding tert-OH is 1. The number of benzene rings is 1. The van der Waals surface area contributed by atoms with Crippen molar-refractivity contribution in [2.75, 3.05) is 13.2 Å². The van der Waals surface area contributed by atoms with Crippen LogP contribution in [0.5, 0.6) is 0 Å². The molecule has 1 atom stereocenters. The molecule has 1 aromatic carbocycles. The second-order valence-electron chi connectivity index (χ2n) is 9.38. The maximum absolute atomic E-state index is 12.9. The van der Waals surface area contributed by atoms with Gasteiger partial charge in [0.15, 0.2) is 5.03 Å². The number of hydrogen-bond donors (Lipinski definition) is 3. The molecule has 32 heavy (non-hydrogen) atoms. The van der Waals surface area contributed by atoms with E-state index in [0.29, 0.717) is 5.69 Å². The number of hydrazine groups is 1. The zero-order chi connectivity index (χ0) is 23.1. The highest BCUT2D eigenvalue weighted by atomic mass is 32.2. The molecule has 0 spiro atoms. The Morgan fingerprint density at radius 3 is 2.75 bits per heavy atom. The summed E-state index contributed by atoms with van der Waals surface area (Å²) in [5.74, 6) is 5.89. The molecule has 3 aromatic rings. The summed E-state index contributed by atoms with van der Waals surface area (Å²) in [5, 5.41) is 10.5. The largest absolute Gasteiger partial charge is 0.395 e. The van der Waals surface area contributed by atoms with Crippen molar-refractivity contribution in [1.29, 1.82) is 0 Å². The van der Waals surface area contributed by atoms with Gasteiger partial charge in [0.05, 0.1) is 12.3 Å². The minimum Gasteiger partial charge on any atom is -0.395 e. The molecule has 0 radical (unpaired) electrons. The highest BCUT2D eigenvalue weighted by Crippen LogP contribution is 2.27. The Morgan fingerprint density at radius 2 is 2.03 bits per heavy atom. The van der Waals surface area contributed by atoms with E-state index in [-0.39, 0.29) is 17.7 Å². The van der Waals surface area contributed by atoms with Crippen LogP contribution in [0.4, 0.5) is 0 Å². The number of sulfonamides is 1. The number of H-pyrrole nitrogens is 1. The Hall–Kier alpha value is -2.30. The summed E-state index contributed by atoms with van der Waals surface area (Å²) in [4.78, 5) is 10.2. The molecule has 4 rings (SSSR count). The third-order valence-electron chi connectivity index (χ3n) is 5.96. The van der Waals surface area contributed by atoms with Crippen LogP contribution >= 0.6 is 0 Å². The van der Waals surface area contributed by atoms with E-state index in [4.69, 9.17) is 5.84 Å². The van der Waals surface area contributed by atoms with Crippen LogP contribution in [0.2, 0.25) is 0 Å². The molecule has 0 bridgehead atoms. The first kappa shape index (κ1) is 22.9. The lowest BCUT2D eigenvalue weighted by Gasteiger charge is -2.29. The molecule has 9 heteroatoms. The van der Waals surface area contributed by atoms with E-state index < -0.39 is 15.6 Å². The number of fused-ring (bicyclic) bond motifs is 1. The molecule has 1 fully saturated rings. The minimum absolute atomic E-state index is 0.0774. The topological polar surface area (TPSA) is 116 Å². The lowest BCUT2D eigenvalue weighted by Crippen LogP contribution is -2.50. The van der Waals surface area contributed by atoms with Crippen molar-refractivity contribution in [3.05, 3.63) is 48.2 Å². The van der Waals surface area contributed by atoms with Gasteiger partial charge in [-0.05, 0) is 70.5 Å². The second kappa shape index (κ2) is 8.57. The van der Waals surface area contributed by atoms with Gasteiger partial charge in [0.25, 0.3) is 10.0 Å². The molecule has 0 amide bonds. The molecule has 0 aliphatic carbocycles. The van der Waals surface area contributed by atoms with Gasteiger partial charge in [-0.2, -0.15) is 0 Å². The first-order valence-electron chi connectivity index (χ1n) is 10.8. The molecule has 3 heterocycles. The highest BCUT2D eigenvalue weighted by Gasteiger charge is 2.32.